The Hall–Kier alpha value is -3.16. The number of para-hydroxylation sites is 1. The number of benzene rings is 3. The van der Waals surface area contributed by atoms with Crippen LogP contribution < -0.4 is 14.8 Å². The van der Waals surface area contributed by atoms with Crippen LogP contribution in [-0.4, -0.2) is 27.5 Å². The van der Waals surface area contributed by atoms with Crippen molar-refractivity contribution in [3.63, 3.8) is 0 Å². The summed E-state index contributed by atoms with van der Waals surface area (Å²) in [6.07, 6.45) is 0.217. The summed E-state index contributed by atoms with van der Waals surface area (Å²) in [5, 5.41) is 2.96. The number of carbonyl (C=O) groups excluding carboxylic acids is 1. The van der Waals surface area contributed by atoms with Gasteiger partial charge in [0.05, 0.1) is 18.0 Å². The van der Waals surface area contributed by atoms with Crippen LogP contribution in [0.2, 0.25) is 0 Å². The predicted molar refractivity (Wildman–Crippen MR) is 134 cm³/mol. The fraction of sp³-hybridized carbons (Fsp3) is 0.296. The number of ether oxygens (including phenoxy) is 1. The molecule has 3 rings (SSSR count). The minimum absolute atomic E-state index is 0.210. The van der Waals surface area contributed by atoms with Crippen LogP contribution in [0.4, 0.5) is 0 Å². The van der Waals surface area contributed by atoms with E-state index in [1.165, 1.54) is 0 Å². The fourth-order valence-electron chi connectivity index (χ4n) is 4.29. The van der Waals surface area contributed by atoms with Crippen LogP contribution in [-0.2, 0) is 21.2 Å². The first-order valence-corrected chi connectivity index (χ1v) is 12.7. The van der Waals surface area contributed by atoms with Gasteiger partial charge in [-0.2, -0.15) is 4.72 Å². The van der Waals surface area contributed by atoms with Gasteiger partial charge in [0, 0.05) is 5.56 Å². The summed E-state index contributed by atoms with van der Waals surface area (Å²) in [5.74, 6) is 0.245. The van der Waals surface area contributed by atoms with Crippen LogP contribution in [0.5, 0.6) is 5.75 Å². The van der Waals surface area contributed by atoms with Crippen molar-refractivity contribution in [1.29, 1.82) is 0 Å². The molecule has 0 aromatic heterocycles. The average molecular weight is 481 g/mol. The van der Waals surface area contributed by atoms with Gasteiger partial charge in [0.25, 0.3) is 0 Å². The number of rotatable bonds is 9. The van der Waals surface area contributed by atoms with Crippen molar-refractivity contribution in [3.8, 4) is 5.75 Å². The highest BCUT2D eigenvalue weighted by molar-refractivity contribution is 7.89. The number of sulfonamides is 1. The number of carbonyl (C=O) groups is 1. The van der Waals surface area contributed by atoms with Gasteiger partial charge >= 0.3 is 0 Å². The number of hydrogen-bond donors (Lipinski definition) is 2. The molecule has 180 valence electrons. The number of hydrogen-bond acceptors (Lipinski definition) is 4. The Morgan fingerprint density at radius 2 is 1.53 bits per heavy atom. The van der Waals surface area contributed by atoms with Gasteiger partial charge in [0.2, 0.25) is 15.9 Å². The minimum Gasteiger partial charge on any atom is -0.496 e. The molecule has 1 amide bonds. The van der Waals surface area contributed by atoms with Crippen molar-refractivity contribution in [2.75, 3.05) is 7.11 Å². The van der Waals surface area contributed by atoms with Crippen LogP contribution in [0.25, 0.3) is 0 Å². The molecule has 3 aromatic carbocycles. The molecule has 2 N–H and O–H groups in total. The molecule has 0 aliphatic rings. The molecule has 0 aliphatic heterocycles. The molecule has 0 spiro atoms. The quantitative estimate of drug-likeness (QED) is 0.476. The third-order valence-corrected chi connectivity index (χ3v) is 7.51. The highest BCUT2D eigenvalue weighted by Gasteiger charge is 2.29. The third kappa shape index (κ3) is 6.04. The van der Waals surface area contributed by atoms with E-state index in [0.717, 1.165) is 16.7 Å². The molecule has 0 heterocycles. The molecule has 0 bridgehead atoms. The lowest BCUT2D eigenvalue weighted by Crippen LogP contribution is -2.48. The number of nitrogens with one attached hydrogen (secondary N) is 2. The molecular weight excluding hydrogens is 448 g/mol. The second-order valence-electron chi connectivity index (χ2n) is 8.56. The van der Waals surface area contributed by atoms with Crippen molar-refractivity contribution in [3.05, 3.63) is 94.5 Å². The van der Waals surface area contributed by atoms with E-state index >= 15 is 0 Å². The largest absolute Gasteiger partial charge is 0.496 e. The van der Waals surface area contributed by atoms with Crippen molar-refractivity contribution >= 4 is 15.9 Å². The zero-order valence-electron chi connectivity index (χ0n) is 20.3. The number of aryl methyl sites for hydroxylation is 3. The van der Waals surface area contributed by atoms with Crippen LogP contribution in [0.1, 0.15) is 40.8 Å². The molecule has 0 saturated heterocycles. The van der Waals surface area contributed by atoms with Gasteiger partial charge in [0.15, 0.2) is 0 Å². The zero-order valence-corrected chi connectivity index (χ0v) is 21.1. The molecule has 6 nitrogen and oxygen atoms in total. The summed E-state index contributed by atoms with van der Waals surface area (Å²) in [6.45, 7) is 7.31. The van der Waals surface area contributed by atoms with E-state index in [0.29, 0.717) is 16.9 Å². The van der Waals surface area contributed by atoms with E-state index in [1.54, 1.807) is 21.0 Å². The highest BCUT2D eigenvalue weighted by Crippen LogP contribution is 2.25. The molecule has 34 heavy (non-hydrogen) atoms. The Balaban J connectivity index is 1.91. The Kier molecular flexibility index (Phi) is 8.12. The lowest BCUT2D eigenvalue weighted by atomic mass is 10.0. The van der Waals surface area contributed by atoms with Gasteiger partial charge in [-0.15, -0.1) is 0 Å². The van der Waals surface area contributed by atoms with Crippen molar-refractivity contribution in [2.45, 2.75) is 51.1 Å². The van der Waals surface area contributed by atoms with Crippen LogP contribution in [0.3, 0.4) is 0 Å². The Bertz CT molecular complexity index is 1230. The Labute approximate surface area is 202 Å². The van der Waals surface area contributed by atoms with Gasteiger partial charge < -0.3 is 10.1 Å². The lowest BCUT2D eigenvalue weighted by Gasteiger charge is -2.23. The van der Waals surface area contributed by atoms with E-state index < -0.39 is 22.0 Å². The summed E-state index contributed by atoms with van der Waals surface area (Å²) in [7, 11) is -2.38. The summed E-state index contributed by atoms with van der Waals surface area (Å²) in [6, 6.07) is 19.1. The normalized spacial score (nSPS) is 13.2. The molecule has 3 aromatic rings. The molecular formula is C27H32N2O4S. The van der Waals surface area contributed by atoms with Gasteiger partial charge in [-0.25, -0.2) is 8.42 Å². The SMILES string of the molecule is COc1ccccc1C(C)NC(=O)C(Cc1ccccc1)NS(=O)(=O)c1c(C)cc(C)cc1C. The van der Waals surface area contributed by atoms with E-state index in [9.17, 15) is 13.2 Å². The lowest BCUT2D eigenvalue weighted by molar-refractivity contribution is -0.123. The topological polar surface area (TPSA) is 84.5 Å². The zero-order chi connectivity index (χ0) is 24.9. The first kappa shape index (κ1) is 25.5. The Morgan fingerprint density at radius 1 is 0.941 bits per heavy atom. The first-order valence-electron chi connectivity index (χ1n) is 11.2. The van der Waals surface area contributed by atoms with Gasteiger partial charge in [0.1, 0.15) is 11.8 Å². The molecule has 0 aliphatic carbocycles. The number of amides is 1. The predicted octanol–water partition coefficient (Wildman–Crippen LogP) is 4.39. The summed E-state index contributed by atoms with van der Waals surface area (Å²) in [4.78, 5) is 13.6. The monoisotopic (exact) mass is 480 g/mol. The van der Waals surface area contributed by atoms with E-state index in [4.69, 9.17) is 4.74 Å². The third-order valence-electron chi connectivity index (χ3n) is 5.73. The van der Waals surface area contributed by atoms with E-state index in [1.807, 2.05) is 80.6 Å². The average Bonchev–Trinajstić information content (AvgIpc) is 2.78. The van der Waals surface area contributed by atoms with Crippen molar-refractivity contribution in [1.82, 2.24) is 10.0 Å². The summed E-state index contributed by atoms with van der Waals surface area (Å²) < 4.78 is 35.0. The Morgan fingerprint density at radius 3 is 2.15 bits per heavy atom. The highest BCUT2D eigenvalue weighted by atomic mass is 32.2. The smallest absolute Gasteiger partial charge is 0.241 e. The van der Waals surface area contributed by atoms with Crippen molar-refractivity contribution < 1.29 is 17.9 Å². The molecule has 0 fully saturated rings. The molecule has 0 saturated carbocycles. The second kappa shape index (κ2) is 10.8. The van der Waals surface area contributed by atoms with Crippen molar-refractivity contribution in [2.24, 2.45) is 0 Å². The van der Waals surface area contributed by atoms with Gasteiger partial charge in [-0.1, -0.05) is 66.2 Å². The fourth-order valence-corrected chi connectivity index (χ4v) is 5.94. The molecule has 2 unspecified atom stereocenters. The van der Waals surface area contributed by atoms with Gasteiger partial charge in [-0.3, -0.25) is 4.79 Å². The molecule has 0 radical (unpaired) electrons. The summed E-state index contributed by atoms with van der Waals surface area (Å²) in [5.41, 5.74) is 3.94. The van der Waals surface area contributed by atoms with Crippen LogP contribution in [0, 0.1) is 20.8 Å². The first-order chi connectivity index (χ1) is 16.1. The molecule has 7 heteroatoms. The summed E-state index contributed by atoms with van der Waals surface area (Å²) >= 11 is 0. The van der Waals surface area contributed by atoms with Gasteiger partial charge in [-0.05, 0) is 56.9 Å². The van der Waals surface area contributed by atoms with E-state index in [-0.39, 0.29) is 17.4 Å². The van der Waals surface area contributed by atoms with Crippen LogP contribution >= 0.6 is 0 Å². The maximum Gasteiger partial charge on any atom is 0.241 e. The van der Waals surface area contributed by atoms with Crippen LogP contribution in [0.15, 0.2) is 71.6 Å². The standard InChI is InChI=1S/C27H32N2O4S/c1-18-15-19(2)26(20(3)16-18)34(31,32)29-24(17-22-11-7-6-8-12-22)27(30)28-21(4)23-13-9-10-14-25(23)33-5/h6-16,21,24,29H,17H2,1-5H3,(H,28,30). The second-order valence-corrected chi connectivity index (χ2v) is 10.2. The molecule has 2 atom stereocenters. The van der Waals surface area contributed by atoms with E-state index in [2.05, 4.69) is 10.0 Å². The number of methoxy groups -OCH3 is 1. The maximum absolute atomic E-state index is 13.4. The minimum atomic E-state index is -3.95. The maximum atomic E-state index is 13.4.